The number of nitrogens with zero attached hydrogens (tertiary/aromatic N) is 2. The van der Waals surface area contributed by atoms with Gasteiger partial charge < -0.3 is 24.1 Å². The number of rotatable bonds is 13. The Kier molecular flexibility index (Phi) is 10.4. The summed E-state index contributed by atoms with van der Waals surface area (Å²) in [4.78, 5) is 5.68. The number of hydrogen-bond donors (Lipinski definition) is 1. The molecule has 0 saturated carbocycles. The van der Waals surface area contributed by atoms with Crippen molar-refractivity contribution in [3.63, 3.8) is 0 Å². The molecule has 2 aromatic carbocycles. The number of methoxy groups -OCH3 is 2. The molecule has 0 aliphatic carbocycles. The second-order valence-corrected chi connectivity index (χ2v) is 8.47. The first-order valence-electron chi connectivity index (χ1n) is 10.7. The fourth-order valence-corrected chi connectivity index (χ4v) is 4.32. The van der Waals surface area contributed by atoms with Gasteiger partial charge in [0.2, 0.25) is 0 Å². The Balaban J connectivity index is 1.76. The zero-order valence-corrected chi connectivity index (χ0v) is 20.4. The lowest BCUT2D eigenvalue weighted by Crippen LogP contribution is -2.24. The van der Waals surface area contributed by atoms with E-state index >= 15 is 0 Å². The highest BCUT2D eigenvalue weighted by molar-refractivity contribution is 7.07. The quantitative estimate of drug-likeness (QED) is 0.344. The average molecular weight is 494 g/mol. The van der Waals surface area contributed by atoms with Crippen LogP contribution in [0.15, 0.2) is 52.8 Å². The average Bonchev–Trinajstić information content (AvgIpc) is 3.21. The van der Waals surface area contributed by atoms with Gasteiger partial charge in [-0.3, -0.25) is 0 Å². The van der Waals surface area contributed by atoms with Crippen molar-refractivity contribution in [3.05, 3.63) is 63.5 Å². The van der Waals surface area contributed by atoms with Crippen molar-refractivity contribution in [2.24, 2.45) is 4.99 Å². The van der Waals surface area contributed by atoms with Crippen molar-refractivity contribution in [1.82, 2.24) is 9.88 Å². The van der Waals surface area contributed by atoms with Crippen molar-refractivity contribution < 1.29 is 18.6 Å². The highest BCUT2D eigenvalue weighted by Gasteiger charge is 2.10. The lowest BCUT2D eigenvalue weighted by molar-refractivity contribution is 0.0720. The third-order valence-corrected chi connectivity index (χ3v) is 5.98. The summed E-state index contributed by atoms with van der Waals surface area (Å²) < 4.78 is 31.5. The van der Waals surface area contributed by atoms with E-state index in [0.29, 0.717) is 36.3 Å². The van der Waals surface area contributed by atoms with Crippen molar-refractivity contribution in [2.75, 3.05) is 47.1 Å². The van der Waals surface area contributed by atoms with Gasteiger partial charge in [-0.2, -0.15) is 0 Å². The highest BCUT2D eigenvalue weighted by atomic mass is 35.5. The van der Waals surface area contributed by atoms with Crippen LogP contribution in [0.3, 0.4) is 0 Å². The minimum atomic E-state index is -0.256. The summed E-state index contributed by atoms with van der Waals surface area (Å²) >= 11 is 7.63. The van der Waals surface area contributed by atoms with Crippen LogP contribution in [0.1, 0.15) is 6.42 Å². The van der Waals surface area contributed by atoms with Gasteiger partial charge in [0.05, 0.1) is 32.6 Å². The van der Waals surface area contributed by atoms with Crippen LogP contribution in [0.5, 0.6) is 5.75 Å². The Morgan fingerprint density at radius 3 is 2.64 bits per heavy atom. The van der Waals surface area contributed by atoms with Gasteiger partial charge in [0.25, 0.3) is 0 Å². The number of ether oxygens (including phenoxy) is 3. The fourth-order valence-electron chi connectivity index (χ4n) is 3.21. The predicted molar refractivity (Wildman–Crippen MR) is 131 cm³/mol. The van der Waals surface area contributed by atoms with E-state index in [1.165, 1.54) is 23.5 Å². The molecule has 1 aromatic heterocycles. The van der Waals surface area contributed by atoms with E-state index in [0.717, 1.165) is 42.1 Å². The summed E-state index contributed by atoms with van der Waals surface area (Å²) in [6.45, 7) is 4.22. The summed E-state index contributed by atoms with van der Waals surface area (Å²) in [6.07, 6.45) is 0.897. The van der Waals surface area contributed by atoms with E-state index in [-0.39, 0.29) is 5.82 Å². The van der Waals surface area contributed by atoms with Crippen molar-refractivity contribution in [3.8, 4) is 17.0 Å². The summed E-state index contributed by atoms with van der Waals surface area (Å²) in [5.41, 5.74) is 2.64. The third-order valence-electron chi connectivity index (χ3n) is 4.89. The molecule has 0 aliphatic rings. The molecule has 0 amide bonds. The highest BCUT2D eigenvalue weighted by Crippen LogP contribution is 2.30. The zero-order chi connectivity index (χ0) is 23.5. The maximum atomic E-state index is 13.5. The Morgan fingerprint density at radius 2 is 1.88 bits per heavy atom. The molecule has 33 heavy (non-hydrogen) atoms. The Hall–Kier alpha value is -2.23. The van der Waals surface area contributed by atoms with E-state index in [9.17, 15) is 4.39 Å². The van der Waals surface area contributed by atoms with Crippen LogP contribution in [-0.4, -0.2) is 51.7 Å². The van der Waals surface area contributed by atoms with Crippen molar-refractivity contribution >= 4 is 28.6 Å². The van der Waals surface area contributed by atoms with Crippen LogP contribution < -0.4 is 14.9 Å². The van der Waals surface area contributed by atoms with Gasteiger partial charge >= 0.3 is 0 Å². The van der Waals surface area contributed by atoms with Crippen LogP contribution in [-0.2, 0) is 16.0 Å². The van der Waals surface area contributed by atoms with E-state index < -0.39 is 0 Å². The molecule has 178 valence electrons. The molecular formula is C24H29ClFN3O3S. The van der Waals surface area contributed by atoms with E-state index in [2.05, 4.69) is 9.88 Å². The number of thiazole rings is 1. The first kappa shape index (κ1) is 25.4. The summed E-state index contributed by atoms with van der Waals surface area (Å²) in [6, 6.07) is 11.9. The molecule has 0 fully saturated rings. The van der Waals surface area contributed by atoms with E-state index in [4.69, 9.17) is 30.8 Å². The number of benzene rings is 2. The molecule has 3 rings (SSSR count). The van der Waals surface area contributed by atoms with E-state index in [1.54, 1.807) is 38.5 Å². The minimum absolute atomic E-state index is 0.256. The van der Waals surface area contributed by atoms with Crippen LogP contribution >= 0.6 is 22.9 Å². The maximum absolute atomic E-state index is 13.5. The molecule has 0 atom stereocenters. The van der Waals surface area contributed by atoms with Gasteiger partial charge in [-0.05, 0) is 54.9 Å². The molecular weight excluding hydrogens is 465 g/mol. The third kappa shape index (κ3) is 7.65. The number of hydrogen-bond acceptors (Lipinski definition) is 6. The monoisotopic (exact) mass is 493 g/mol. The topological polar surface area (TPSA) is 57.0 Å². The van der Waals surface area contributed by atoms with Gasteiger partial charge in [-0.1, -0.05) is 11.6 Å². The normalized spacial score (nSPS) is 11.8. The Labute approximate surface area is 202 Å². The molecule has 1 heterocycles. The van der Waals surface area contributed by atoms with Crippen LogP contribution in [0.2, 0.25) is 5.02 Å². The first-order valence-corrected chi connectivity index (χ1v) is 12.0. The van der Waals surface area contributed by atoms with Gasteiger partial charge in [-0.15, -0.1) is 11.3 Å². The van der Waals surface area contributed by atoms with Crippen molar-refractivity contribution in [1.29, 1.82) is 0 Å². The molecule has 9 heteroatoms. The molecule has 3 aromatic rings. The maximum Gasteiger partial charge on any atom is 0.190 e. The largest absolute Gasteiger partial charge is 0.494 e. The molecule has 0 saturated heterocycles. The first-order chi connectivity index (χ1) is 16.1. The Bertz CT molecular complexity index is 1070. The van der Waals surface area contributed by atoms with Gasteiger partial charge in [0, 0.05) is 36.7 Å². The summed E-state index contributed by atoms with van der Waals surface area (Å²) in [5.74, 6) is 0.356. The van der Waals surface area contributed by atoms with Crippen LogP contribution in [0.25, 0.3) is 11.3 Å². The van der Waals surface area contributed by atoms with Gasteiger partial charge in [-0.25, -0.2) is 9.38 Å². The molecule has 0 bridgehead atoms. The van der Waals surface area contributed by atoms with Gasteiger partial charge in [0.1, 0.15) is 17.3 Å². The number of halogens is 2. The molecule has 0 radical (unpaired) electrons. The molecule has 0 spiro atoms. The second kappa shape index (κ2) is 13.5. The zero-order valence-electron chi connectivity index (χ0n) is 18.9. The second-order valence-electron chi connectivity index (χ2n) is 7.20. The predicted octanol–water partition coefficient (Wildman–Crippen LogP) is 4.89. The summed E-state index contributed by atoms with van der Waals surface area (Å²) in [5, 5.41) is 6.03. The summed E-state index contributed by atoms with van der Waals surface area (Å²) in [7, 11) is 3.26. The smallest absolute Gasteiger partial charge is 0.190 e. The number of aromatic nitrogens is 1. The minimum Gasteiger partial charge on any atom is -0.494 e. The number of nitrogens with one attached hydrogen (secondary N) is 1. The lowest BCUT2D eigenvalue weighted by atomic mass is 10.1. The van der Waals surface area contributed by atoms with Gasteiger partial charge in [0.15, 0.2) is 4.80 Å². The molecule has 1 N–H and O–H groups in total. The standard InChI is InChI=1S/C24H29ClFN3O3S/c1-30-14-15-32-13-11-27-10-3-12-29-22(18-4-7-20(26)8-5-18)17-33-24(29)28-21-9-6-19(25)16-23(21)31-2/h4-9,16-17,27H,3,10-15H2,1-2H3. The molecule has 0 aliphatic heterocycles. The van der Waals surface area contributed by atoms with Crippen LogP contribution in [0, 0.1) is 5.82 Å². The molecule has 0 unspecified atom stereocenters. The Morgan fingerprint density at radius 1 is 1.06 bits per heavy atom. The fraction of sp³-hybridized carbons (Fsp3) is 0.375. The molecule has 6 nitrogen and oxygen atoms in total. The SMILES string of the molecule is COCCOCCNCCCn1c(-c2ccc(F)cc2)csc1=Nc1ccc(Cl)cc1OC. The lowest BCUT2D eigenvalue weighted by Gasteiger charge is -2.11. The van der Waals surface area contributed by atoms with Crippen LogP contribution in [0.4, 0.5) is 10.1 Å². The van der Waals surface area contributed by atoms with E-state index in [1.807, 2.05) is 11.4 Å². The van der Waals surface area contributed by atoms with Crippen molar-refractivity contribution in [2.45, 2.75) is 13.0 Å².